The molecule has 1 atom stereocenters. The Labute approximate surface area is 145 Å². The van der Waals surface area contributed by atoms with Crippen molar-refractivity contribution in [1.29, 1.82) is 0 Å². The molecule has 0 amide bonds. The lowest BCUT2D eigenvalue weighted by Crippen LogP contribution is -2.32. The van der Waals surface area contributed by atoms with Gasteiger partial charge in [-0.25, -0.2) is 4.98 Å². The van der Waals surface area contributed by atoms with E-state index in [1.165, 1.54) is 57.7 Å². The van der Waals surface area contributed by atoms with Gasteiger partial charge in [0.1, 0.15) is 12.3 Å². The number of nitrogens with zero attached hydrogens (tertiary/aromatic N) is 1. The van der Waals surface area contributed by atoms with Crippen LogP contribution in [-0.4, -0.2) is 33.4 Å². The van der Waals surface area contributed by atoms with Gasteiger partial charge in [-0.15, -0.1) is 0 Å². The molecule has 0 aromatic carbocycles. The summed E-state index contributed by atoms with van der Waals surface area (Å²) in [5.41, 5.74) is 6.00. The van der Waals surface area contributed by atoms with E-state index in [0.29, 0.717) is 0 Å². The number of carboxylic acids is 1. The summed E-state index contributed by atoms with van der Waals surface area (Å²) in [6.45, 7) is 2.25. The van der Waals surface area contributed by atoms with E-state index in [9.17, 15) is 9.59 Å². The van der Waals surface area contributed by atoms with Crippen LogP contribution >= 0.6 is 0 Å². The van der Waals surface area contributed by atoms with Gasteiger partial charge in [0.25, 0.3) is 0 Å². The molecule has 1 heterocycles. The Morgan fingerprint density at radius 2 is 1.79 bits per heavy atom. The molecule has 1 unspecified atom stereocenters. The first kappa shape index (κ1) is 22.3. The van der Waals surface area contributed by atoms with Crippen LogP contribution in [0.4, 0.5) is 0 Å². The molecule has 1 aromatic heterocycles. The number of unbranched alkanes of at least 4 members (excludes halogenated alkanes) is 9. The first-order valence-corrected chi connectivity index (χ1v) is 9.01. The Hall–Kier alpha value is -1.69. The highest BCUT2D eigenvalue weighted by Gasteiger charge is 2.12. The second-order valence-corrected chi connectivity index (χ2v) is 6.01. The van der Waals surface area contributed by atoms with Gasteiger partial charge in [-0.1, -0.05) is 58.3 Å². The summed E-state index contributed by atoms with van der Waals surface area (Å²) in [7, 11) is 0. The number of hydrogen-bond acceptors (Lipinski definition) is 4. The van der Waals surface area contributed by atoms with Gasteiger partial charge in [-0.05, 0) is 6.42 Å². The van der Waals surface area contributed by atoms with Crippen LogP contribution in [0, 0.1) is 0 Å². The lowest BCUT2D eigenvalue weighted by Gasteiger charge is -2.02. The van der Waals surface area contributed by atoms with Crippen molar-refractivity contribution in [3.05, 3.63) is 18.2 Å². The van der Waals surface area contributed by atoms with E-state index >= 15 is 0 Å². The molecule has 1 rings (SSSR count). The summed E-state index contributed by atoms with van der Waals surface area (Å²) < 4.78 is 0. The molecule has 0 aliphatic carbocycles. The number of aromatic nitrogens is 2. The molecule has 0 fully saturated rings. The minimum atomic E-state index is -1.00. The van der Waals surface area contributed by atoms with Crippen LogP contribution in [0.1, 0.15) is 76.8 Å². The quantitative estimate of drug-likeness (QED) is 0.376. The lowest BCUT2D eigenvalue weighted by molar-refractivity contribution is -0.138. The van der Waals surface area contributed by atoms with E-state index in [0.717, 1.165) is 24.8 Å². The maximum absolute atomic E-state index is 10.3. The van der Waals surface area contributed by atoms with Gasteiger partial charge < -0.3 is 20.6 Å². The maximum atomic E-state index is 10.3. The van der Waals surface area contributed by atoms with Crippen molar-refractivity contribution in [3.63, 3.8) is 0 Å². The molecule has 138 valence electrons. The van der Waals surface area contributed by atoms with Crippen molar-refractivity contribution in [2.75, 3.05) is 0 Å². The van der Waals surface area contributed by atoms with Gasteiger partial charge in [-0.2, -0.15) is 0 Å². The molecule has 6 heteroatoms. The average Bonchev–Trinajstić information content (AvgIpc) is 3.07. The number of hydrogen-bond donors (Lipinski definition) is 3. The van der Waals surface area contributed by atoms with Gasteiger partial charge in [0.05, 0.1) is 6.33 Å². The van der Waals surface area contributed by atoms with Crippen LogP contribution in [0.5, 0.6) is 0 Å². The summed E-state index contributed by atoms with van der Waals surface area (Å²) in [5, 5.41) is 8.42. The zero-order chi connectivity index (χ0) is 18.0. The van der Waals surface area contributed by atoms with Crippen molar-refractivity contribution in [1.82, 2.24) is 9.97 Å². The van der Waals surface area contributed by atoms with Crippen LogP contribution in [-0.2, 0) is 16.0 Å². The molecule has 0 aliphatic rings. The van der Waals surface area contributed by atoms with Crippen molar-refractivity contribution >= 4 is 12.3 Å². The van der Waals surface area contributed by atoms with Gasteiger partial charge >= 0.3 is 5.97 Å². The molecule has 6 nitrogen and oxygen atoms in total. The van der Waals surface area contributed by atoms with Crippen LogP contribution < -0.4 is 5.73 Å². The fourth-order valence-electron chi connectivity index (χ4n) is 2.26. The van der Waals surface area contributed by atoms with E-state index in [1.807, 2.05) is 0 Å². The van der Waals surface area contributed by atoms with E-state index in [-0.39, 0.29) is 6.42 Å². The van der Waals surface area contributed by atoms with E-state index in [2.05, 4.69) is 16.9 Å². The fourth-order valence-corrected chi connectivity index (χ4v) is 2.26. The molecule has 0 bridgehead atoms. The Bertz CT molecular complexity index is 408. The van der Waals surface area contributed by atoms with E-state index in [4.69, 9.17) is 10.8 Å². The summed E-state index contributed by atoms with van der Waals surface area (Å²) >= 11 is 0. The Balaban J connectivity index is 0.000000446. The topological polar surface area (TPSA) is 109 Å². The fraction of sp³-hybridized carbons (Fsp3) is 0.722. The third kappa shape index (κ3) is 13.9. The van der Waals surface area contributed by atoms with Gasteiger partial charge in [-0.3, -0.25) is 4.79 Å². The van der Waals surface area contributed by atoms with E-state index < -0.39 is 12.0 Å². The summed E-state index contributed by atoms with van der Waals surface area (Å²) in [4.78, 5) is 26.8. The minimum absolute atomic E-state index is 0.287. The number of carbonyl (C=O) groups excluding carboxylic acids is 1. The number of H-pyrrole nitrogens is 1. The number of nitrogens with two attached hydrogens (primary N) is 1. The van der Waals surface area contributed by atoms with Crippen molar-refractivity contribution in [3.8, 4) is 0 Å². The zero-order valence-corrected chi connectivity index (χ0v) is 14.9. The minimum Gasteiger partial charge on any atom is -0.480 e. The number of carboxylic acid groups (broad SMARTS) is 1. The average molecular weight is 339 g/mol. The lowest BCUT2D eigenvalue weighted by atomic mass is 10.1. The van der Waals surface area contributed by atoms with Gasteiger partial charge in [0.2, 0.25) is 0 Å². The molecule has 24 heavy (non-hydrogen) atoms. The molecular formula is C18H33N3O3. The normalized spacial score (nSPS) is 11.4. The van der Waals surface area contributed by atoms with Crippen molar-refractivity contribution in [2.24, 2.45) is 5.73 Å². The first-order chi connectivity index (χ1) is 11.6. The summed E-state index contributed by atoms with van der Waals surface area (Å²) in [5.74, 6) is -1.00. The highest BCUT2D eigenvalue weighted by molar-refractivity contribution is 5.73. The highest BCUT2D eigenvalue weighted by Crippen LogP contribution is 2.09. The maximum Gasteiger partial charge on any atom is 0.320 e. The molecule has 4 N–H and O–H groups in total. The second kappa shape index (κ2) is 16.2. The van der Waals surface area contributed by atoms with Crippen molar-refractivity contribution < 1.29 is 14.7 Å². The number of aromatic amines is 1. The molecule has 0 saturated carbocycles. The Morgan fingerprint density at radius 1 is 1.21 bits per heavy atom. The smallest absolute Gasteiger partial charge is 0.320 e. The summed E-state index contributed by atoms with van der Waals surface area (Å²) in [6.07, 6.45) is 17.1. The molecule has 0 aliphatic heterocycles. The van der Waals surface area contributed by atoms with Gasteiger partial charge in [0.15, 0.2) is 0 Å². The standard InChI is InChI=1S/C12H24O.C6H9N3O2/c1-2-3-4-5-6-7-8-9-10-11-12-13;7-5(6(10)11)1-4-2-8-3-9-4/h12H,2-11H2,1H3;2-3,5H,1,7H2,(H,8,9)(H,10,11). The second-order valence-electron chi connectivity index (χ2n) is 6.01. The third-order valence-corrected chi connectivity index (χ3v) is 3.74. The predicted molar refractivity (Wildman–Crippen MR) is 95.8 cm³/mol. The largest absolute Gasteiger partial charge is 0.480 e. The Kier molecular flexibility index (Phi) is 15.0. The SMILES string of the molecule is CCCCCCCCCCCC=O.NC(Cc1cnc[nH]1)C(=O)O. The molecular weight excluding hydrogens is 306 g/mol. The number of carbonyl (C=O) groups is 2. The molecule has 0 saturated heterocycles. The number of aldehydes is 1. The van der Waals surface area contributed by atoms with Crippen LogP contribution in [0.15, 0.2) is 12.5 Å². The first-order valence-electron chi connectivity index (χ1n) is 9.01. The molecule has 0 spiro atoms. The number of aliphatic carboxylic acids is 1. The Morgan fingerprint density at radius 3 is 2.25 bits per heavy atom. The summed E-state index contributed by atoms with van der Waals surface area (Å²) in [6, 6.07) is -0.851. The van der Waals surface area contributed by atoms with Crippen molar-refractivity contribution in [2.45, 2.75) is 83.6 Å². The molecule has 0 radical (unpaired) electrons. The highest BCUT2D eigenvalue weighted by atomic mass is 16.4. The van der Waals surface area contributed by atoms with Crippen LogP contribution in [0.2, 0.25) is 0 Å². The number of nitrogens with one attached hydrogen (secondary N) is 1. The zero-order valence-electron chi connectivity index (χ0n) is 14.9. The van der Waals surface area contributed by atoms with Crippen LogP contribution in [0.25, 0.3) is 0 Å². The van der Waals surface area contributed by atoms with Crippen LogP contribution in [0.3, 0.4) is 0 Å². The molecule has 1 aromatic rings. The van der Waals surface area contributed by atoms with E-state index in [1.54, 1.807) is 6.20 Å². The third-order valence-electron chi connectivity index (χ3n) is 3.74. The number of rotatable bonds is 13. The van der Waals surface area contributed by atoms with Gasteiger partial charge in [0, 0.05) is 24.7 Å². The predicted octanol–water partition coefficient (Wildman–Crippen LogP) is 3.47. The number of imidazole rings is 1. The monoisotopic (exact) mass is 339 g/mol.